The van der Waals surface area contributed by atoms with Crippen molar-refractivity contribution in [3.8, 4) is 11.1 Å². The summed E-state index contributed by atoms with van der Waals surface area (Å²) in [5, 5.41) is 7.61. The molecule has 0 spiro atoms. The van der Waals surface area contributed by atoms with E-state index >= 15 is 0 Å². The van der Waals surface area contributed by atoms with Gasteiger partial charge in [-0.2, -0.15) is 0 Å². The molecule has 0 N–H and O–H groups in total. The summed E-state index contributed by atoms with van der Waals surface area (Å²) in [7, 11) is 0. The molecule has 1 radical (unpaired) electrons. The highest BCUT2D eigenvalue weighted by molar-refractivity contribution is 6.16. The van der Waals surface area contributed by atoms with Crippen molar-refractivity contribution in [1.82, 2.24) is 0 Å². The molecule has 0 unspecified atom stereocenters. The van der Waals surface area contributed by atoms with Gasteiger partial charge in [-0.05, 0) is 55.6 Å². The van der Waals surface area contributed by atoms with E-state index in [1.807, 2.05) is 6.07 Å². The molecule has 0 atom stereocenters. The molecule has 0 aromatic heterocycles. The minimum atomic E-state index is 1.16. The topological polar surface area (TPSA) is 0 Å². The Morgan fingerprint density at radius 2 is 1.25 bits per heavy atom. The van der Waals surface area contributed by atoms with Crippen LogP contribution in [0, 0.1) is 6.07 Å². The number of benzene rings is 5. The fourth-order valence-corrected chi connectivity index (χ4v) is 3.66. The van der Waals surface area contributed by atoms with Crippen LogP contribution in [0.1, 0.15) is 0 Å². The SMILES string of the molecule is [c]1cccc2c(-c3cc4ccccc4c4ccccc34)cccc12. The lowest BCUT2D eigenvalue weighted by Gasteiger charge is -2.13. The van der Waals surface area contributed by atoms with Gasteiger partial charge >= 0.3 is 0 Å². The van der Waals surface area contributed by atoms with E-state index in [0.29, 0.717) is 0 Å². The van der Waals surface area contributed by atoms with Gasteiger partial charge < -0.3 is 0 Å². The minimum Gasteiger partial charge on any atom is -0.0616 e. The summed E-state index contributed by atoms with van der Waals surface area (Å²) in [5.74, 6) is 0. The zero-order valence-electron chi connectivity index (χ0n) is 13.2. The molecule has 0 heteroatoms. The van der Waals surface area contributed by atoms with Gasteiger partial charge in [-0.1, -0.05) is 84.9 Å². The average Bonchev–Trinajstić information content (AvgIpc) is 2.67. The van der Waals surface area contributed by atoms with E-state index in [1.165, 1.54) is 38.1 Å². The first-order chi connectivity index (χ1) is 11.9. The van der Waals surface area contributed by atoms with E-state index in [-0.39, 0.29) is 0 Å². The maximum absolute atomic E-state index is 3.35. The van der Waals surface area contributed by atoms with Crippen molar-refractivity contribution in [3.05, 3.63) is 97.1 Å². The Balaban J connectivity index is 1.98. The lowest BCUT2D eigenvalue weighted by molar-refractivity contribution is 1.69. The molecule has 0 fully saturated rings. The molecule has 5 aromatic rings. The quantitative estimate of drug-likeness (QED) is 0.305. The Morgan fingerprint density at radius 3 is 2.17 bits per heavy atom. The number of hydrogen-bond donors (Lipinski definition) is 0. The molecule has 0 aliphatic rings. The van der Waals surface area contributed by atoms with Gasteiger partial charge in [-0.25, -0.2) is 0 Å². The molecular weight excluding hydrogens is 288 g/mol. The summed E-state index contributed by atoms with van der Waals surface area (Å²) in [6.07, 6.45) is 0. The monoisotopic (exact) mass is 303 g/mol. The first-order valence-corrected chi connectivity index (χ1v) is 8.22. The van der Waals surface area contributed by atoms with Crippen LogP contribution in [0.15, 0.2) is 91.0 Å². The predicted molar refractivity (Wildman–Crippen MR) is 103 cm³/mol. The lowest BCUT2D eigenvalue weighted by atomic mass is 9.91. The van der Waals surface area contributed by atoms with Crippen LogP contribution >= 0.6 is 0 Å². The molecule has 0 saturated heterocycles. The number of fused-ring (bicyclic) bond motifs is 4. The second-order valence-corrected chi connectivity index (χ2v) is 6.13. The number of rotatable bonds is 1. The average molecular weight is 303 g/mol. The van der Waals surface area contributed by atoms with Gasteiger partial charge in [0.25, 0.3) is 0 Å². The van der Waals surface area contributed by atoms with Crippen molar-refractivity contribution in [2.75, 3.05) is 0 Å². The lowest BCUT2D eigenvalue weighted by Crippen LogP contribution is -1.86. The zero-order valence-corrected chi connectivity index (χ0v) is 13.2. The molecule has 0 nitrogen and oxygen atoms in total. The second kappa shape index (κ2) is 5.21. The highest BCUT2D eigenvalue weighted by Crippen LogP contribution is 2.37. The van der Waals surface area contributed by atoms with Gasteiger partial charge in [-0.3, -0.25) is 0 Å². The smallest absolute Gasteiger partial charge is 0.00928 e. The molecule has 24 heavy (non-hydrogen) atoms. The van der Waals surface area contributed by atoms with Crippen molar-refractivity contribution < 1.29 is 0 Å². The van der Waals surface area contributed by atoms with E-state index in [1.54, 1.807) is 0 Å². The molecule has 0 aliphatic carbocycles. The molecule has 0 saturated carbocycles. The Morgan fingerprint density at radius 1 is 0.500 bits per heavy atom. The van der Waals surface area contributed by atoms with Crippen LogP contribution in [0.2, 0.25) is 0 Å². The summed E-state index contributed by atoms with van der Waals surface area (Å²) in [6, 6.07) is 35.7. The molecule has 5 aromatic carbocycles. The van der Waals surface area contributed by atoms with Crippen LogP contribution in [0.5, 0.6) is 0 Å². The summed E-state index contributed by atoms with van der Waals surface area (Å²) in [6.45, 7) is 0. The van der Waals surface area contributed by atoms with E-state index in [0.717, 1.165) is 5.39 Å². The maximum Gasteiger partial charge on any atom is -0.00928 e. The third-order valence-corrected chi connectivity index (χ3v) is 4.76. The van der Waals surface area contributed by atoms with Gasteiger partial charge in [0, 0.05) is 0 Å². The Bertz CT molecular complexity index is 1190. The molecular formula is C24H15. The van der Waals surface area contributed by atoms with Crippen LogP contribution in [-0.4, -0.2) is 0 Å². The highest BCUT2D eigenvalue weighted by Gasteiger charge is 2.10. The molecule has 5 rings (SSSR count). The van der Waals surface area contributed by atoms with Gasteiger partial charge in [0.15, 0.2) is 0 Å². The first-order valence-electron chi connectivity index (χ1n) is 8.22. The highest BCUT2D eigenvalue weighted by atomic mass is 14.1. The fourth-order valence-electron chi connectivity index (χ4n) is 3.66. The molecule has 0 aliphatic heterocycles. The van der Waals surface area contributed by atoms with Crippen LogP contribution in [0.3, 0.4) is 0 Å². The minimum absolute atomic E-state index is 1.16. The van der Waals surface area contributed by atoms with Crippen molar-refractivity contribution >= 4 is 32.3 Å². The van der Waals surface area contributed by atoms with Gasteiger partial charge in [0.05, 0.1) is 0 Å². The van der Waals surface area contributed by atoms with Gasteiger partial charge in [-0.15, -0.1) is 0 Å². The van der Waals surface area contributed by atoms with E-state index in [2.05, 4.69) is 91.0 Å². The Hall–Kier alpha value is -3.12. The molecule has 0 bridgehead atoms. The van der Waals surface area contributed by atoms with Crippen molar-refractivity contribution in [2.45, 2.75) is 0 Å². The van der Waals surface area contributed by atoms with E-state index in [9.17, 15) is 0 Å². The molecule has 111 valence electrons. The van der Waals surface area contributed by atoms with Crippen molar-refractivity contribution in [2.24, 2.45) is 0 Å². The molecule has 0 heterocycles. The second-order valence-electron chi connectivity index (χ2n) is 6.13. The van der Waals surface area contributed by atoms with Crippen molar-refractivity contribution in [1.29, 1.82) is 0 Å². The Kier molecular flexibility index (Phi) is 2.89. The predicted octanol–water partition coefficient (Wildman–Crippen LogP) is 6.61. The zero-order chi connectivity index (χ0) is 15.9. The van der Waals surface area contributed by atoms with Crippen LogP contribution in [0.25, 0.3) is 43.4 Å². The first kappa shape index (κ1) is 13.3. The summed E-state index contributed by atoms with van der Waals surface area (Å²) < 4.78 is 0. The Labute approximate surface area is 141 Å². The summed E-state index contributed by atoms with van der Waals surface area (Å²) in [5.41, 5.74) is 2.56. The third kappa shape index (κ3) is 1.93. The van der Waals surface area contributed by atoms with Gasteiger partial charge in [0.1, 0.15) is 0 Å². The standard InChI is InChI=1S/C24H15/c1-3-11-19-17(8-1)10-7-15-22(19)24-16-18-9-2-4-12-20(18)21-13-5-6-14-23(21)24/h1-7,9-16H. The van der Waals surface area contributed by atoms with Crippen LogP contribution in [-0.2, 0) is 0 Å². The van der Waals surface area contributed by atoms with Crippen LogP contribution < -0.4 is 0 Å². The third-order valence-electron chi connectivity index (χ3n) is 4.76. The van der Waals surface area contributed by atoms with Crippen LogP contribution in [0.4, 0.5) is 0 Å². The normalized spacial score (nSPS) is 11.3. The van der Waals surface area contributed by atoms with Crippen molar-refractivity contribution in [3.63, 3.8) is 0 Å². The van der Waals surface area contributed by atoms with Gasteiger partial charge in [0.2, 0.25) is 0 Å². The number of hydrogen-bond acceptors (Lipinski definition) is 0. The van der Waals surface area contributed by atoms with E-state index < -0.39 is 0 Å². The summed E-state index contributed by atoms with van der Waals surface area (Å²) in [4.78, 5) is 0. The summed E-state index contributed by atoms with van der Waals surface area (Å²) >= 11 is 0. The van der Waals surface area contributed by atoms with E-state index in [4.69, 9.17) is 0 Å². The molecule has 0 amide bonds. The fraction of sp³-hybridized carbons (Fsp3) is 0. The largest absolute Gasteiger partial charge is 0.0616 e. The maximum atomic E-state index is 3.35.